The van der Waals surface area contributed by atoms with Crippen molar-refractivity contribution in [3.05, 3.63) is 28.2 Å². The smallest absolute Gasteiger partial charge is 0.321 e. The largest absolute Gasteiger partial charge is 0.481 e. The van der Waals surface area contributed by atoms with Crippen LogP contribution in [0.1, 0.15) is 18.4 Å². The fraction of sp³-hybridized carbons (Fsp3) is 0.333. The van der Waals surface area contributed by atoms with Crippen molar-refractivity contribution in [3.8, 4) is 0 Å². The Morgan fingerprint density at radius 1 is 1.33 bits per heavy atom. The lowest BCUT2D eigenvalue weighted by molar-refractivity contribution is -0.140. The Kier molecular flexibility index (Phi) is 5.87. The molecule has 0 fully saturated rings. The second kappa shape index (κ2) is 7.01. The van der Waals surface area contributed by atoms with Crippen molar-refractivity contribution in [1.82, 2.24) is 4.72 Å². The molecule has 0 unspecified atom stereocenters. The first-order valence-electron chi connectivity index (χ1n) is 5.86. The Balaban J connectivity index is 3.00. The summed E-state index contributed by atoms with van der Waals surface area (Å²) >= 11 is 3.11. The summed E-state index contributed by atoms with van der Waals surface area (Å²) < 4.78 is 26.7. The molecule has 3 N–H and O–H groups in total. The highest BCUT2D eigenvalue weighted by Crippen LogP contribution is 2.23. The Labute approximate surface area is 130 Å². The number of hydrogen-bond donors (Lipinski definition) is 3. The van der Waals surface area contributed by atoms with Gasteiger partial charge >= 0.3 is 11.9 Å². The van der Waals surface area contributed by atoms with Crippen molar-refractivity contribution in [2.24, 2.45) is 0 Å². The maximum atomic E-state index is 12.2. The summed E-state index contributed by atoms with van der Waals surface area (Å²) in [6, 6.07) is 3.01. The molecule has 9 heteroatoms. The predicted octanol–water partition coefficient (Wildman–Crippen LogP) is 1.35. The molecule has 0 aromatic heterocycles. The highest BCUT2D eigenvalue weighted by molar-refractivity contribution is 9.10. The van der Waals surface area contributed by atoms with Gasteiger partial charge in [0.15, 0.2) is 0 Å². The van der Waals surface area contributed by atoms with Crippen LogP contribution in [-0.4, -0.2) is 36.6 Å². The predicted molar refractivity (Wildman–Crippen MR) is 77.5 cm³/mol. The Bertz CT molecular complexity index is 658. The van der Waals surface area contributed by atoms with E-state index in [1.54, 1.807) is 19.1 Å². The minimum Gasteiger partial charge on any atom is -0.481 e. The van der Waals surface area contributed by atoms with Gasteiger partial charge in [-0.2, -0.15) is 4.72 Å². The van der Waals surface area contributed by atoms with E-state index in [4.69, 9.17) is 10.2 Å². The van der Waals surface area contributed by atoms with Gasteiger partial charge in [-0.15, -0.1) is 0 Å². The number of rotatable bonds is 7. The van der Waals surface area contributed by atoms with E-state index in [2.05, 4.69) is 15.9 Å². The van der Waals surface area contributed by atoms with Gasteiger partial charge in [-0.1, -0.05) is 6.07 Å². The number of carbonyl (C=O) groups is 2. The molecule has 1 aromatic carbocycles. The van der Waals surface area contributed by atoms with Gasteiger partial charge < -0.3 is 10.2 Å². The van der Waals surface area contributed by atoms with Crippen molar-refractivity contribution in [1.29, 1.82) is 0 Å². The summed E-state index contributed by atoms with van der Waals surface area (Å²) in [5.41, 5.74) is 0.835. The molecule has 0 amide bonds. The van der Waals surface area contributed by atoms with Gasteiger partial charge in [-0.3, -0.25) is 9.59 Å². The third kappa shape index (κ3) is 5.10. The molecule has 0 radical (unpaired) electrons. The molecule has 0 saturated carbocycles. The van der Waals surface area contributed by atoms with Gasteiger partial charge in [-0.05, 0) is 47.0 Å². The van der Waals surface area contributed by atoms with E-state index >= 15 is 0 Å². The van der Waals surface area contributed by atoms with Crippen LogP contribution in [0.4, 0.5) is 0 Å². The molecule has 1 atom stereocenters. The van der Waals surface area contributed by atoms with Crippen LogP contribution >= 0.6 is 15.9 Å². The highest BCUT2D eigenvalue weighted by atomic mass is 79.9. The molecule has 21 heavy (non-hydrogen) atoms. The van der Waals surface area contributed by atoms with Crippen LogP contribution in [0.15, 0.2) is 27.6 Å². The van der Waals surface area contributed by atoms with Crippen molar-refractivity contribution in [2.45, 2.75) is 30.7 Å². The first-order chi connectivity index (χ1) is 9.63. The van der Waals surface area contributed by atoms with Gasteiger partial charge in [0.25, 0.3) is 0 Å². The van der Waals surface area contributed by atoms with Crippen molar-refractivity contribution in [2.75, 3.05) is 0 Å². The van der Waals surface area contributed by atoms with E-state index in [1.807, 2.05) is 4.72 Å². The number of hydrogen-bond acceptors (Lipinski definition) is 4. The maximum Gasteiger partial charge on any atom is 0.321 e. The van der Waals surface area contributed by atoms with E-state index in [0.717, 1.165) is 5.56 Å². The van der Waals surface area contributed by atoms with Crippen molar-refractivity contribution < 1.29 is 28.2 Å². The monoisotopic (exact) mass is 379 g/mol. The number of carboxylic acids is 2. The summed E-state index contributed by atoms with van der Waals surface area (Å²) in [4.78, 5) is 21.4. The van der Waals surface area contributed by atoms with Gasteiger partial charge in [0.2, 0.25) is 10.0 Å². The normalized spacial score (nSPS) is 12.9. The molecule has 0 spiro atoms. The van der Waals surface area contributed by atoms with Crippen molar-refractivity contribution in [3.63, 3.8) is 0 Å². The minimum atomic E-state index is -4.07. The number of sulfonamides is 1. The van der Waals surface area contributed by atoms with Crippen LogP contribution in [0.3, 0.4) is 0 Å². The first kappa shape index (κ1) is 17.6. The Morgan fingerprint density at radius 2 is 1.95 bits per heavy atom. The SMILES string of the molecule is Cc1ccc(S(=O)(=O)N[C@@H](CCC(=O)O)C(=O)O)c(Br)c1. The van der Waals surface area contributed by atoms with Gasteiger partial charge in [-0.25, -0.2) is 8.42 Å². The second-order valence-corrected chi connectivity index (χ2v) is 6.92. The highest BCUT2D eigenvalue weighted by Gasteiger charge is 2.27. The quantitative estimate of drug-likeness (QED) is 0.657. The zero-order valence-corrected chi connectivity index (χ0v) is 13.4. The number of halogens is 1. The molecule has 116 valence electrons. The van der Waals surface area contributed by atoms with Crippen LogP contribution in [0, 0.1) is 6.92 Å². The van der Waals surface area contributed by atoms with Gasteiger partial charge in [0.1, 0.15) is 6.04 Å². The molecule has 0 saturated heterocycles. The number of benzene rings is 1. The van der Waals surface area contributed by atoms with E-state index in [-0.39, 0.29) is 11.3 Å². The standard InChI is InChI=1S/C12H14BrNO6S/c1-7-2-4-10(8(13)6-7)21(19,20)14-9(12(17)18)3-5-11(15)16/h2,4,6,9,14H,3,5H2,1H3,(H,15,16)(H,17,18)/t9-/m0/s1. The molecule has 0 aliphatic heterocycles. The first-order valence-corrected chi connectivity index (χ1v) is 8.14. The molecule has 7 nitrogen and oxygen atoms in total. The van der Waals surface area contributed by atoms with E-state index < -0.39 is 34.4 Å². The molecular weight excluding hydrogens is 366 g/mol. The summed E-state index contributed by atoms with van der Waals surface area (Å²) in [7, 11) is -4.07. The number of carboxylic acid groups (broad SMARTS) is 2. The van der Waals surface area contributed by atoms with E-state index in [1.165, 1.54) is 6.07 Å². The third-order valence-electron chi connectivity index (χ3n) is 2.62. The summed E-state index contributed by atoms with van der Waals surface area (Å²) in [6.07, 6.45) is -0.790. The number of nitrogens with one attached hydrogen (secondary N) is 1. The average Bonchev–Trinajstić information content (AvgIpc) is 2.33. The van der Waals surface area contributed by atoms with Crippen LogP contribution in [0.5, 0.6) is 0 Å². The van der Waals surface area contributed by atoms with Gasteiger partial charge in [0.05, 0.1) is 4.90 Å². The topological polar surface area (TPSA) is 121 Å². The summed E-state index contributed by atoms with van der Waals surface area (Å²) in [5, 5.41) is 17.5. The lowest BCUT2D eigenvalue weighted by atomic mass is 10.2. The van der Waals surface area contributed by atoms with Crippen molar-refractivity contribution >= 4 is 37.9 Å². The number of aliphatic carboxylic acids is 2. The fourth-order valence-electron chi connectivity index (χ4n) is 1.58. The maximum absolute atomic E-state index is 12.2. The molecule has 0 aliphatic rings. The number of aryl methyl sites for hydroxylation is 1. The Morgan fingerprint density at radius 3 is 2.43 bits per heavy atom. The third-order valence-corrected chi connectivity index (χ3v) is 5.07. The lowest BCUT2D eigenvalue weighted by Gasteiger charge is -2.15. The zero-order chi connectivity index (χ0) is 16.2. The molecule has 1 aromatic rings. The zero-order valence-electron chi connectivity index (χ0n) is 11.0. The van der Waals surface area contributed by atoms with Crippen LogP contribution in [-0.2, 0) is 19.6 Å². The molecule has 0 bridgehead atoms. The fourth-order valence-corrected chi connectivity index (χ4v) is 3.99. The van der Waals surface area contributed by atoms with Gasteiger partial charge in [0, 0.05) is 10.9 Å². The average molecular weight is 380 g/mol. The van der Waals surface area contributed by atoms with Crippen LogP contribution in [0.2, 0.25) is 0 Å². The Hall–Kier alpha value is -1.45. The minimum absolute atomic E-state index is 0.102. The van der Waals surface area contributed by atoms with E-state index in [0.29, 0.717) is 4.47 Å². The van der Waals surface area contributed by atoms with E-state index in [9.17, 15) is 18.0 Å². The molecule has 0 aliphatic carbocycles. The van der Waals surface area contributed by atoms with Crippen LogP contribution < -0.4 is 4.72 Å². The summed E-state index contributed by atoms with van der Waals surface area (Å²) in [6.45, 7) is 1.78. The lowest BCUT2D eigenvalue weighted by Crippen LogP contribution is -2.41. The second-order valence-electron chi connectivity index (χ2n) is 4.38. The molecule has 0 heterocycles. The molecule has 1 rings (SSSR count). The summed E-state index contributed by atoms with van der Waals surface area (Å²) in [5.74, 6) is -2.62. The van der Waals surface area contributed by atoms with Crippen LogP contribution in [0.25, 0.3) is 0 Å². The molecular formula is C12H14BrNO6S.